The second-order valence-corrected chi connectivity index (χ2v) is 6.02. The molecule has 8 nitrogen and oxygen atoms in total. The first-order chi connectivity index (χ1) is 14.1. The van der Waals surface area contributed by atoms with Crippen LogP contribution >= 0.6 is 0 Å². The molecule has 2 N–H and O–H groups in total. The molecule has 0 saturated carbocycles. The molecule has 0 spiro atoms. The molecule has 0 aliphatic heterocycles. The number of anilines is 2. The quantitative estimate of drug-likeness (QED) is 0.596. The molecule has 0 atom stereocenters. The number of rotatable bonds is 7. The Morgan fingerprint density at radius 1 is 1.00 bits per heavy atom. The van der Waals surface area contributed by atoms with E-state index in [2.05, 4.69) is 25.3 Å². The van der Waals surface area contributed by atoms with E-state index < -0.39 is 11.9 Å². The van der Waals surface area contributed by atoms with E-state index >= 15 is 0 Å². The highest BCUT2D eigenvalue weighted by atomic mass is 16.5. The zero-order chi connectivity index (χ0) is 20.6. The Kier molecular flexibility index (Phi) is 6.36. The standard InChI is InChI=1S/C21H20N4O4/c1-28-17-8-6-14(7-9-17)12-22-19-11-18(23-13-24-19)20(26)25-16-5-3-4-15(10-16)21(27)29-2/h3-11,13H,12H2,1-2H3,(H,25,26)(H,22,23,24). The second-order valence-electron chi connectivity index (χ2n) is 6.02. The van der Waals surface area contributed by atoms with Crippen LogP contribution < -0.4 is 15.4 Å². The summed E-state index contributed by atoms with van der Waals surface area (Å²) in [6.07, 6.45) is 1.32. The fourth-order valence-corrected chi connectivity index (χ4v) is 2.55. The molecule has 8 heteroatoms. The number of amides is 1. The Morgan fingerprint density at radius 2 is 1.79 bits per heavy atom. The Balaban J connectivity index is 1.65. The Hall–Kier alpha value is -3.94. The summed E-state index contributed by atoms with van der Waals surface area (Å²) < 4.78 is 9.82. The van der Waals surface area contributed by atoms with Crippen molar-refractivity contribution in [2.24, 2.45) is 0 Å². The minimum Gasteiger partial charge on any atom is -0.497 e. The van der Waals surface area contributed by atoms with Crippen LogP contribution in [0.3, 0.4) is 0 Å². The van der Waals surface area contributed by atoms with Gasteiger partial charge in [-0.2, -0.15) is 0 Å². The van der Waals surface area contributed by atoms with Crippen molar-refractivity contribution in [2.45, 2.75) is 6.54 Å². The van der Waals surface area contributed by atoms with E-state index in [-0.39, 0.29) is 5.69 Å². The smallest absolute Gasteiger partial charge is 0.337 e. The maximum atomic E-state index is 12.5. The molecule has 148 valence electrons. The zero-order valence-corrected chi connectivity index (χ0v) is 16.0. The van der Waals surface area contributed by atoms with Gasteiger partial charge in [0, 0.05) is 18.3 Å². The zero-order valence-electron chi connectivity index (χ0n) is 16.0. The van der Waals surface area contributed by atoms with Crippen LogP contribution in [0.2, 0.25) is 0 Å². The van der Waals surface area contributed by atoms with Gasteiger partial charge >= 0.3 is 5.97 Å². The molecule has 0 fully saturated rings. The molecule has 3 rings (SSSR count). The first-order valence-electron chi connectivity index (χ1n) is 8.77. The van der Waals surface area contributed by atoms with Gasteiger partial charge in [0.2, 0.25) is 0 Å². The van der Waals surface area contributed by atoms with Gasteiger partial charge in [-0.3, -0.25) is 4.79 Å². The third-order valence-corrected chi connectivity index (χ3v) is 4.07. The van der Waals surface area contributed by atoms with Gasteiger partial charge in [-0.25, -0.2) is 14.8 Å². The predicted octanol–water partition coefficient (Wildman–Crippen LogP) is 3.14. The molecular formula is C21H20N4O4. The number of nitrogens with zero attached hydrogens (tertiary/aromatic N) is 2. The third kappa shape index (κ3) is 5.29. The number of carbonyl (C=O) groups excluding carboxylic acids is 2. The van der Waals surface area contributed by atoms with E-state index in [4.69, 9.17) is 4.74 Å². The summed E-state index contributed by atoms with van der Waals surface area (Å²) in [6, 6.07) is 15.7. The maximum absolute atomic E-state index is 12.5. The number of benzene rings is 2. The number of nitrogens with one attached hydrogen (secondary N) is 2. The molecule has 1 heterocycles. The van der Waals surface area contributed by atoms with Gasteiger partial charge in [0.1, 0.15) is 23.6 Å². The van der Waals surface area contributed by atoms with Crippen LogP contribution in [-0.2, 0) is 11.3 Å². The number of hydrogen-bond acceptors (Lipinski definition) is 7. The molecule has 1 amide bonds. The van der Waals surface area contributed by atoms with Gasteiger partial charge in [-0.15, -0.1) is 0 Å². The van der Waals surface area contributed by atoms with Crippen LogP contribution in [0.1, 0.15) is 26.4 Å². The predicted molar refractivity (Wildman–Crippen MR) is 108 cm³/mol. The minimum atomic E-state index is -0.479. The monoisotopic (exact) mass is 392 g/mol. The summed E-state index contributed by atoms with van der Waals surface area (Å²) in [7, 11) is 2.92. The molecule has 0 saturated heterocycles. The molecular weight excluding hydrogens is 372 g/mol. The molecule has 1 aromatic heterocycles. The molecule has 29 heavy (non-hydrogen) atoms. The number of carbonyl (C=O) groups is 2. The van der Waals surface area contributed by atoms with E-state index in [0.29, 0.717) is 23.6 Å². The van der Waals surface area contributed by atoms with Crippen molar-refractivity contribution in [3.8, 4) is 5.75 Å². The van der Waals surface area contributed by atoms with E-state index in [9.17, 15) is 9.59 Å². The lowest BCUT2D eigenvalue weighted by atomic mass is 10.2. The van der Waals surface area contributed by atoms with E-state index in [1.807, 2.05) is 24.3 Å². The van der Waals surface area contributed by atoms with Gasteiger partial charge in [0.25, 0.3) is 5.91 Å². The van der Waals surface area contributed by atoms with Crippen molar-refractivity contribution >= 4 is 23.4 Å². The lowest BCUT2D eigenvalue weighted by Gasteiger charge is -2.09. The fourth-order valence-electron chi connectivity index (χ4n) is 2.55. The topological polar surface area (TPSA) is 102 Å². The maximum Gasteiger partial charge on any atom is 0.337 e. The highest BCUT2D eigenvalue weighted by molar-refractivity contribution is 6.03. The van der Waals surface area contributed by atoms with Crippen LogP contribution in [0.25, 0.3) is 0 Å². The Bertz CT molecular complexity index is 1010. The summed E-state index contributed by atoms with van der Waals surface area (Å²) in [5.74, 6) is 0.408. The summed E-state index contributed by atoms with van der Waals surface area (Å²) in [4.78, 5) is 32.3. The molecule has 0 unspecified atom stereocenters. The SMILES string of the molecule is COC(=O)c1cccc(NC(=O)c2cc(NCc3ccc(OC)cc3)ncn2)c1. The molecule has 0 bridgehead atoms. The summed E-state index contributed by atoms with van der Waals surface area (Å²) >= 11 is 0. The molecule has 3 aromatic rings. The Morgan fingerprint density at radius 3 is 2.52 bits per heavy atom. The van der Waals surface area contributed by atoms with Gasteiger partial charge in [0.05, 0.1) is 19.8 Å². The largest absolute Gasteiger partial charge is 0.497 e. The van der Waals surface area contributed by atoms with Crippen molar-refractivity contribution in [1.29, 1.82) is 0 Å². The lowest BCUT2D eigenvalue weighted by Crippen LogP contribution is -2.15. The van der Waals surface area contributed by atoms with Crippen molar-refractivity contribution in [1.82, 2.24) is 9.97 Å². The van der Waals surface area contributed by atoms with Crippen LogP contribution in [0.15, 0.2) is 60.9 Å². The third-order valence-electron chi connectivity index (χ3n) is 4.07. The average Bonchev–Trinajstić information content (AvgIpc) is 2.77. The van der Waals surface area contributed by atoms with Crippen LogP contribution in [0, 0.1) is 0 Å². The highest BCUT2D eigenvalue weighted by Crippen LogP contribution is 2.15. The molecule has 0 aliphatic carbocycles. The van der Waals surface area contributed by atoms with E-state index in [1.165, 1.54) is 19.5 Å². The first kappa shape index (κ1) is 19.8. The van der Waals surface area contributed by atoms with Crippen LogP contribution in [0.4, 0.5) is 11.5 Å². The fraction of sp³-hybridized carbons (Fsp3) is 0.143. The van der Waals surface area contributed by atoms with Gasteiger partial charge < -0.3 is 20.1 Å². The summed E-state index contributed by atoms with van der Waals surface area (Å²) in [5, 5.41) is 5.87. The van der Waals surface area contributed by atoms with Crippen molar-refractivity contribution in [3.05, 3.63) is 77.7 Å². The minimum absolute atomic E-state index is 0.195. The summed E-state index contributed by atoms with van der Waals surface area (Å²) in [5.41, 5.74) is 2.04. The van der Waals surface area contributed by atoms with Gasteiger partial charge in [-0.1, -0.05) is 18.2 Å². The number of aromatic nitrogens is 2. The van der Waals surface area contributed by atoms with Gasteiger partial charge in [0.15, 0.2) is 0 Å². The number of esters is 1. The highest BCUT2D eigenvalue weighted by Gasteiger charge is 2.11. The average molecular weight is 392 g/mol. The van der Waals surface area contributed by atoms with Crippen LogP contribution in [-0.4, -0.2) is 36.1 Å². The van der Waals surface area contributed by atoms with Crippen molar-refractivity contribution in [2.75, 3.05) is 24.9 Å². The normalized spacial score (nSPS) is 10.1. The number of methoxy groups -OCH3 is 2. The van der Waals surface area contributed by atoms with E-state index in [1.54, 1.807) is 31.4 Å². The molecule has 0 radical (unpaired) electrons. The lowest BCUT2D eigenvalue weighted by molar-refractivity contribution is 0.0600. The number of ether oxygens (including phenoxy) is 2. The second kappa shape index (κ2) is 9.32. The Labute approximate surface area is 167 Å². The number of hydrogen-bond donors (Lipinski definition) is 2. The molecule has 2 aromatic carbocycles. The first-order valence-corrected chi connectivity index (χ1v) is 8.77. The summed E-state index contributed by atoms with van der Waals surface area (Å²) in [6.45, 7) is 0.531. The van der Waals surface area contributed by atoms with Crippen molar-refractivity contribution in [3.63, 3.8) is 0 Å². The van der Waals surface area contributed by atoms with Crippen molar-refractivity contribution < 1.29 is 19.1 Å². The van der Waals surface area contributed by atoms with Gasteiger partial charge in [-0.05, 0) is 35.9 Å². The van der Waals surface area contributed by atoms with Crippen LogP contribution in [0.5, 0.6) is 5.75 Å². The van der Waals surface area contributed by atoms with E-state index in [0.717, 1.165) is 11.3 Å². The molecule has 0 aliphatic rings.